The average molecular weight is 417 g/mol. The highest BCUT2D eigenvalue weighted by atomic mass is 127. The highest BCUT2D eigenvalue weighted by molar-refractivity contribution is 14.1. The van der Waals surface area contributed by atoms with Gasteiger partial charge in [0.1, 0.15) is 17.9 Å². The molecule has 7 nitrogen and oxygen atoms in total. The van der Waals surface area contributed by atoms with Crippen molar-refractivity contribution >= 4 is 39.6 Å². The van der Waals surface area contributed by atoms with Gasteiger partial charge in [-0.15, -0.1) is 0 Å². The van der Waals surface area contributed by atoms with Crippen molar-refractivity contribution in [2.24, 2.45) is 0 Å². The third-order valence-corrected chi connectivity index (χ3v) is 6.29. The standard InChI is InChI=1S/C14H20IN5O2/c1-4-14(3)10(15)9(21-5-2)13(22-14)20-7-19-8-11(16)17-6-18-12(8)20/h6-7,9-10,13H,4-5H2,1-3H3,(H2,16,17,18)/t9-,10?,13+,14+/m0/s1. The molecule has 0 bridgehead atoms. The Bertz CT molecular complexity index is 678. The summed E-state index contributed by atoms with van der Waals surface area (Å²) in [5.74, 6) is 0.374. The fourth-order valence-corrected chi connectivity index (χ4v) is 3.96. The summed E-state index contributed by atoms with van der Waals surface area (Å²) in [4.78, 5) is 12.6. The molecule has 8 heteroatoms. The molecule has 2 aromatic rings. The molecule has 1 aliphatic rings. The second kappa shape index (κ2) is 5.89. The number of nitrogens with two attached hydrogens (primary N) is 1. The largest absolute Gasteiger partial charge is 0.382 e. The van der Waals surface area contributed by atoms with Crippen LogP contribution in [0, 0.1) is 0 Å². The Morgan fingerprint density at radius 1 is 1.41 bits per heavy atom. The predicted molar refractivity (Wildman–Crippen MR) is 91.8 cm³/mol. The number of rotatable bonds is 4. The molecule has 1 aliphatic heterocycles. The van der Waals surface area contributed by atoms with Crippen LogP contribution < -0.4 is 5.73 Å². The number of hydrogen-bond acceptors (Lipinski definition) is 6. The monoisotopic (exact) mass is 417 g/mol. The van der Waals surface area contributed by atoms with E-state index in [1.807, 2.05) is 11.5 Å². The molecule has 2 aromatic heterocycles. The van der Waals surface area contributed by atoms with Gasteiger partial charge in [0.05, 0.1) is 15.9 Å². The molecule has 1 saturated heterocycles. The first-order valence-corrected chi connectivity index (χ1v) is 8.63. The number of fused-ring (bicyclic) bond motifs is 1. The average Bonchev–Trinajstić information content (AvgIpc) is 3.04. The normalized spacial score (nSPS) is 31.9. The van der Waals surface area contributed by atoms with Gasteiger partial charge in [-0.05, 0) is 20.3 Å². The molecular formula is C14H20IN5O2. The van der Waals surface area contributed by atoms with Crippen LogP contribution in [0.1, 0.15) is 33.4 Å². The van der Waals surface area contributed by atoms with Gasteiger partial charge in [0.2, 0.25) is 0 Å². The number of ether oxygens (including phenoxy) is 2. The second-order valence-electron chi connectivity index (χ2n) is 5.58. The van der Waals surface area contributed by atoms with Crippen LogP contribution in [0.4, 0.5) is 5.82 Å². The van der Waals surface area contributed by atoms with Crippen molar-refractivity contribution in [3.05, 3.63) is 12.7 Å². The third-order valence-electron chi connectivity index (χ3n) is 4.27. The number of imidazole rings is 1. The lowest BCUT2D eigenvalue weighted by molar-refractivity contribution is -0.0902. The Morgan fingerprint density at radius 3 is 2.86 bits per heavy atom. The molecule has 0 saturated carbocycles. The molecule has 1 fully saturated rings. The number of anilines is 1. The lowest BCUT2D eigenvalue weighted by Gasteiger charge is -2.26. The quantitative estimate of drug-likeness (QED) is 0.607. The Labute approximate surface area is 142 Å². The van der Waals surface area contributed by atoms with Crippen LogP contribution in [-0.4, -0.2) is 41.8 Å². The molecule has 3 heterocycles. The van der Waals surface area contributed by atoms with Gasteiger partial charge in [-0.3, -0.25) is 4.57 Å². The van der Waals surface area contributed by atoms with Gasteiger partial charge in [0.15, 0.2) is 17.7 Å². The van der Waals surface area contributed by atoms with Gasteiger partial charge in [-0.25, -0.2) is 15.0 Å². The zero-order chi connectivity index (χ0) is 15.9. The summed E-state index contributed by atoms with van der Waals surface area (Å²) < 4.78 is 14.5. The Kier molecular flexibility index (Phi) is 4.25. The van der Waals surface area contributed by atoms with Crippen molar-refractivity contribution in [1.29, 1.82) is 0 Å². The van der Waals surface area contributed by atoms with E-state index in [4.69, 9.17) is 15.2 Å². The van der Waals surface area contributed by atoms with Crippen molar-refractivity contribution in [1.82, 2.24) is 19.5 Å². The van der Waals surface area contributed by atoms with Crippen molar-refractivity contribution in [3.63, 3.8) is 0 Å². The lowest BCUT2D eigenvalue weighted by Crippen LogP contribution is -2.36. The smallest absolute Gasteiger partial charge is 0.167 e. The number of nitrogen functional groups attached to an aromatic ring is 1. The van der Waals surface area contributed by atoms with Gasteiger partial charge in [0.25, 0.3) is 0 Å². The minimum Gasteiger partial charge on any atom is -0.382 e. The molecule has 0 amide bonds. The van der Waals surface area contributed by atoms with Gasteiger partial charge in [-0.2, -0.15) is 0 Å². The van der Waals surface area contributed by atoms with Crippen LogP contribution in [-0.2, 0) is 9.47 Å². The van der Waals surface area contributed by atoms with E-state index < -0.39 is 0 Å². The highest BCUT2D eigenvalue weighted by Gasteiger charge is 2.51. The van der Waals surface area contributed by atoms with Crippen LogP contribution in [0.2, 0.25) is 0 Å². The summed E-state index contributed by atoms with van der Waals surface area (Å²) in [6.45, 7) is 6.88. The number of alkyl halides is 1. The lowest BCUT2D eigenvalue weighted by atomic mass is 9.98. The summed E-state index contributed by atoms with van der Waals surface area (Å²) in [5, 5.41) is 0. The Morgan fingerprint density at radius 2 is 2.18 bits per heavy atom. The molecule has 0 aliphatic carbocycles. The first-order valence-electron chi connectivity index (χ1n) is 7.38. The van der Waals surface area contributed by atoms with E-state index in [1.54, 1.807) is 6.33 Å². The maximum Gasteiger partial charge on any atom is 0.167 e. The predicted octanol–water partition coefficient (Wildman–Crippen LogP) is 2.31. The van der Waals surface area contributed by atoms with E-state index in [0.717, 1.165) is 6.42 Å². The van der Waals surface area contributed by atoms with Gasteiger partial charge >= 0.3 is 0 Å². The first-order chi connectivity index (χ1) is 10.5. The SMILES string of the molecule is CCO[C@H]1C(I)[C@@](C)(CC)O[C@H]1n1cnc2c(N)ncnc21. The second-order valence-corrected chi connectivity index (χ2v) is 6.92. The van der Waals surface area contributed by atoms with Crippen molar-refractivity contribution in [2.75, 3.05) is 12.3 Å². The van der Waals surface area contributed by atoms with Crippen molar-refractivity contribution < 1.29 is 9.47 Å². The summed E-state index contributed by atoms with van der Waals surface area (Å²) in [6, 6.07) is 0. The van der Waals surface area contributed by atoms with Crippen LogP contribution >= 0.6 is 22.6 Å². The molecule has 0 spiro atoms. The number of halogens is 1. The molecule has 22 heavy (non-hydrogen) atoms. The number of nitrogens with zero attached hydrogens (tertiary/aromatic N) is 4. The fourth-order valence-electron chi connectivity index (χ4n) is 2.81. The van der Waals surface area contributed by atoms with E-state index >= 15 is 0 Å². The summed E-state index contributed by atoms with van der Waals surface area (Å²) in [6.07, 6.45) is 3.72. The molecule has 0 aromatic carbocycles. The van der Waals surface area contributed by atoms with Crippen molar-refractivity contribution in [3.8, 4) is 0 Å². The minimum atomic E-state index is -0.272. The number of aromatic nitrogens is 4. The van der Waals surface area contributed by atoms with Crippen LogP contribution in [0.15, 0.2) is 12.7 Å². The summed E-state index contributed by atoms with van der Waals surface area (Å²) in [5.41, 5.74) is 6.88. The van der Waals surface area contributed by atoms with E-state index in [9.17, 15) is 0 Å². The summed E-state index contributed by atoms with van der Waals surface area (Å²) in [7, 11) is 0. The molecule has 120 valence electrons. The van der Waals surface area contributed by atoms with Crippen molar-refractivity contribution in [2.45, 2.75) is 49.0 Å². The minimum absolute atomic E-state index is 0.0656. The maximum absolute atomic E-state index is 6.36. The van der Waals surface area contributed by atoms with E-state index in [0.29, 0.717) is 23.6 Å². The molecule has 1 unspecified atom stereocenters. The maximum atomic E-state index is 6.36. The zero-order valence-electron chi connectivity index (χ0n) is 12.9. The van der Waals surface area contributed by atoms with Crippen LogP contribution in [0.3, 0.4) is 0 Å². The molecule has 0 radical (unpaired) electrons. The molecule has 4 atom stereocenters. The highest BCUT2D eigenvalue weighted by Crippen LogP contribution is 2.45. The number of hydrogen-bond donors (Lipinski definition) is 1. The topological polar surface area (TPSA) is 88.1 Å². The Hall–Kier alpha value is -1.00. The van der Waals surface area contributed by atoms with Gasteiger partial charge < -0.3 is 15.2 Å². The van der Waals surface area contributed by atoms with E-state index in [2.05, 4.69) is 51.4 Å². The zero-order valence-corrected chi connectivity index (χ0v) is 15.0. The fraction of sp³-hybridized carbons (Fsp3) is 0.643. The molecule has 3 rings (SSSR count). The molecular weight excluding hydrogens is 397 g/mol. The summed E-state index contributed by atoms with van der Waals surface area (Å²) >= 11 is 2.43. The third kappa shape index (κ3) is 2.37. The van der Waals surface area contributed by atoms with E-state index in [1.165, 1.54) is 6.33 Å². The van der Waals surface area contributed by atoms with Gasteiger partial charge in [-0.1, -0.05) is 29.5 Å². The van der Waals surface area contributed by atoms with Crippen LogP contribution in [0.25, 0.3) is 11.2 Å². The van der Waals surface area contributed by atoms with E-state index in [-0.39, 0.29) is 21.9 Å². The van der Waals surface area contributed by atoms with Crippen LogP contribution in [0.5, 0.6) is 0 Å². The molecule has 2 N–H and O–H groups in total. The van der Waals surface area contributed by atoms with Gasteiger partial charge in [0, 0.05) is 6.61 Å². The Balaban J connectivity index is 2.06. The first kappa shape index (κ1) is 15.9.